The molecular formula is C32H39Cl2N3O4S. The molecule has 0 fully saturated rings. The largest absolute Gasteiger partial charge is 0.352 e. The highest BCUT2D eigenvalue weighted by Crippen LogP contribution is 2.25. The second-order valence-electron chi connectivity index (χ2n) is 10.6. The van der Waals surface area contributed by atoms with Crippen LogP contribution in [0.25, 0.3) is 0 Å². The van der Waals surface area contributed by atoms with Crippen molar-refractivity contribution in [2.24, 2.45) is 0 Å². The molecule has 0 saturated heterocycles. The van der Waals surface area contributed by atoms with Gasteiger partial charge < -0.3 is 10.2 Å². The number of halogens is 2. The van der Waals surface area contributed by atoms with Crippen molar-refractivity contribution >= 4 is 50.7 Å². The molecule has 226 valence electrons. The Morgan fingerprint density at radius 1 is 0.976 bits per heavy atom. The van der Waals surface area contributed by atoms with Crippen LogP contribution in [0.5, 0.6) is 0 Å². The second kappa shape index (κ2) is 15.4. The van der Waals surface area contributed by atoms with E-state index in [2.05, 4.69) is 5.32 Å². The van der Waals surface area contributed by atoms with Crippen molar-refractivity contribution in [1.29, 1.82) is 0 Å². The second-order valence-corrected chi connectivity index (χ2v) is 13.3. The summed E-state index contributed by atoms with van der Waals surface area (Å²) < 4.78 is 26.5. The van der Waals surface area contributed by atoms with Gasteiger partial charge in [0.15, 0.2) is 0 Å². The van der Waals surface area contributed by atoms with Gasteiger partial charge in [-0.1, -0.05) is 84.2 Å². The van der Waals surface area contributed by atoms with Crippen molar-refractivity contribution in [2.45, 2.75) is 65.1 Å². The molecule has 3 aromatic rings. The van der Waals surface area contributed by atoms with E-state index in [0.29, 0.717) is 27.7 Å². The van der Waals surface area contributed by atoms with Gasteiger partial charge >= 0.3 is 0 Å². The minimum Gasteiger partial charge on any atom is -0.352 e. The summed E-state index contributed by atoms with van der Waals surface area (Å²) >= 11 is 12.6. The zero-order chi connectivity index (χ0) is 30.9. The maximum absolute atomic E-state index is 13.9. The Morgan fingerprint density at radius 3 is 2.24 bits per heavy atom. The highest BCUT2D eigenvalue weighted by Gasteiger charge is 2.31. The summed E-state index contributed by atoms with van der Waals surface area (Å²) in [7, 11) is -3.58. The molecule has 1 N–H and O–H groups in total. The van der Waals surface area contributed by atoms with Gasteiger partial charge in [0.25, 0.3) is 0 Å². The number of aryl methyl sites for hydroxylation is 1. The van der Waals surface area contributed by atoms with Crippen molar-refractivity contribution in [3.05, 3.63) is 99.5 Å². The van der Waals surface area contributed by atoms with Crippen LogP contribution in [0.3, 0.4) is 0 Å². The van der Waals surface area contributed by atoms with Gasteiger partial charge in [-0.3, -0.25) is 13.9 Å². The Kier molecular flexibility index (Phi) is 12.3. The molecule has 10 heteroatoms. The van der Waals surface area contributed by atoms with Crippen molar-refractivity contribution in [3.63, 3.8) is 0 Å². The average Bonchev–Trinajstić information content (AvgIpc) is 2.94. The Labute approximate surface area is 259 Å². The van der Waals surface area contributed by atoms with Gasteiger partial charge in [-0.2, -0.15) is 0 Å². The van der Waals surface area contributed by atoms with E-state index in [1.807, 2.05) is 63.2 Å². The predicted octanol–water partition coefficient (Wildman–Crippen LogP) is 6.40. The van der Waals surface area contributed by atoms with Crippen LogP contribution in [-0.2, 0) is 32.6 Å². The van der Waals surface area contributed by atoms with Crippen molar-refractivity contribution in [1.82, 2.24) is 10.2 Å². The molecule has 42 heavy (non-hydrogen) atoms. The molecule has 0 aliphatic carbocycles. The standard InChI is InChI=1S/C32H39Cl2N3O4S/c1-5-24(3)35-32(39)30(20-25-10-7-6-8-11-25)36(22-26-15-16-27(33)21-29(26)34)31(38)12-9-19-37(42(4,40)41)28-17-13-23(2)14-18-28/h6-8,10-11,13-18,21,24,30H,5,9,12,19-20,22H2,1-4H3,(H,35,39)/t24-,30+/m1/s1. The van der Waals surface area contributed by atoms with Crippen molar-refractivity contribution < 1.29 is 18.0 Å². The van der Waals surface area contributed by atoms with Gasteiger partial charge in [0.1, 0.15) is 6.04 Å². The van der Waals surface area contributed by atoms with Gasteiger partial charge in [-0.05, 0) is 62.1 Å². The molecule has 2 atom stereocenters. The molecular weight excluding hydrogens is 593 g/mol. The van der Waals surface area contributed by atoms with Crippen LogP contribution in [0.4, 0.5) is 5.69 Å². The van der Waals surface area contributed by atoms with Crippen LogP contribution in [0.15, 0.2) is 72.8 Å². The number of carbonyl (C=O) groups is 2. The van der Waals surface area contributed by atoms with Gasteiger partial charge in [-0.15, -0.1) is 0 Å². The first-order valence-electron chi connectivity index (χ1n) is 14.0. The quantitative estimate of drug-likeness (QED) is 0.223. The van der Waals surface area contributed by atoms with E-state index in [1.165, 1.54) is 4.31 Å². The predicted molar refractivity (Wildman–Crippen MR) is 171 cm³/mol. The topological polar surface area (TPSA) is 86.8 Å². The normalized spacial score (nSPS) is 12.8. The summed E-state index contributed by atoms with van der Waals surface area (Å²) in [5.41, 5.74) is 3.11. The van der Waals surface area contributed by atoms with Crippen molar-refractivity contribution in [3.8, 4) is 0 Å². The van der Waals surface area contributed by atoms with Crippen LogP contribution in [0.1, 0.15) is 49.8 Å². The smallest absolute Gasteiger partial charge is 0.243 e. The molecule has 0 aliphatic rings. The maximum Gasteiger partial charge on any atom is 0.243 e. The third kappa shape index (κ3) is 9.75. The number of amides is 2. The zero-order valence-corrected chi connectivity index (χ0v) is 26.8. The van der Waals surface area contributed by atoms with E-state index in [-0.39, 0.29) is 43.8 Å². The Morgan fingerprint density at radius 2 is 1.64 bits per heavy atom. The third-order valence-electron chi connectivity index (χ3n) is 7.10. The number of nitrogens with one attached hydrogen (secondary N) is 1. The first kappa shape index (κ1) is 33.4. The van der Waals surface area contributed by atoms with Gasteiger partial charge in [-0.25, -0.2) is 8.42 Å². The number of nitrogens with zero attached hydrogens (tertiary/aromatic N) is 2. The molecule has 0 radical (unpaired) electrons. The van der Waals surface area contributed by atoms with E-state index in [4.69, 9.17) is 23.2 Å². The van der Waals surface area contributed by atoms with Crippen LogP contribution >= 0.6 is 23.2 Å². The number of hydrogen-bond donors (Lipinski definition) is 1. The number of rotatable bonds is 14. The fourth-order valence-electron chi connectivity index (χ4n) is 4.54. The summed E-state index contributed by atoms with van der Waals surface area (Å²) in [5, 5.41) is 3.90. The first-order chi connectivity index (χ1) is 19.9. The fraction of sp³-hybridized carbons (Fsp3) is 0.375. The number of sulfonamides is 1. The Hall–Kier alpha value is -3.07. The molecule has 0 saturated carbocycles. The summed E-state index contributed by atoms with van der Waals surface area (Å²) in [6.45, 7) is 6.04. The maximum atomic E-state index is 13.9. The molecule has 0 aromatic heterocycles. The highest BCUT2D eigenvalue weighted by atomic mass is 35.5. The lowest BCUT2D eigenvalue weighted by Gasteiger charge is -2.33. The van der Waals surface area contributed by atoms with Gasteiger partial charge in [0.05, 0.1) is 11.9 Å². The molecule has 3 aromatic carbocycles. The minimum atomic E-state index is -3.58. The first-order valence-corrected chi connectivity index (χ1v) is 16.6. The summed E-state index contributed by atoms with van der Waals surface area (Å²) in [6.07, 6.45) is 2.49. The molecule has 0 unspecified atom stereocenters. The number of anilines is 1. The summed E-state index contributed by atoms with van der Waals surface area (Å²) in [6, 6.07) is 20.9. The molecule has 0 heterocycles. The van der Waals surface area contributed by atoms with Gasteiger partial charge in [0.2, 0.25) is 21.8 Å². The SMILES string of the molecule is CC[C@@H](C)NC(=O)[C@H](Cc1ccccc1)N(Cc1ccc(Cl)cc1Cl)C(=O)CCCN(c1ccc(C)cc1)S(C)(=O)=O. The molecule has 3 rings (SSSR count). The van der Waals surface area contributed by atoms with Crippen LogP contribution < -0.4 is 9.62 Å². The lowest BCUT2D eigenvalue weighted by atomic mass is 10.0. The highest BCUT2D eigenvalue weighted by molar-refractivity contribution is 7.92. The van der Waals surface area contributed by atoms with Crippen LogP contribution in [0.2, 0.25) is 10.0 Å². The number of benzene rings is 3. The van der Waals surface area contributed by atoms with E-state index in [0.717, 1.165) is 23.8 Å². The van der Waals surface area contributed by atoms with Gasteiger partial charge in [0, 0.05) is 42.0 Å². The van der Waals surface area contributed by atoms with E-state index in [9.17, 15) is 18.0 Å². The monoisotopic (exact) mass is 631 g/mol. The summed E-state index contributed by atoms with van der Waals surface area (Å²) in [5.74, 6) is -0.539. The molecule has 0 bridgehead atoms. The van der Waals surface area contributed by atoms with E-state index >= 15 is 0 Å². The van der Waals surface area contributed by atoms with E-state index in [1.54, 1.807) is 35.2 Å². The van der Waals surface area contributed by atoms with E-state index < -0.39 is 16.1 Å². The summed E-state index contributed by atoms with van der Waals surface area (Å²) in [4.78, 5) is 29.2. The number of carbonyl (C=O) groups excluding carboxylic acids is 2. The molecule has 2 amide bonds. The lowest BCUT2D eigenvalue weighted by molar-refractivity contribution is -0.141. The van der Waals surface area contributed by atoms with Crippen molar-refractivity contribution in [2.75, 3.05) is 17.1 Å². The minimum absolute atomic E-state index is 0.0327. The Balaban J connectivity index is 1.91. The lowest BCUT2D eigenvalue weighted by Crippen LogP contribution is -2.52. The molecule has 7 nitrogen and oxygen atoms in total. The zero-order valence-electron chi connectivity index (χ0n) is 24.5. The molecule has 0 aliphatic heterocycles. The fourth-order valence-corrected chi connectivity index (χ4v) is 5.98. The molecule has 0 spiro atoms. The number of hydrogen-bond acceptors (Lipinski definition) is 4. The van der Waals surface area contributed by atoms with Crippen LogP contribution in [0, 0.1) is 6.92 Å². The Bertz CT molecular complexity index is 1450. The van der Waals surface area contributed by atoms with Crippen LogP contribution in [-0.4, -0.2) is 50.0 Å². The third-order valence-corrected chi connectivity index (χ3v) is 8.88. The average molecular weight is 633 g/mol.